The van der Waals surface area contributed by atoms with Crippen molar-refractivity contribution in [2.45, 2.75) is 32.7 Å². The number of rotatable bonds is 9. The van der Waals surface area contributed by atoms with Gasteiger partial charge < -0.3 is 5.32 Å². The Labute approximate surface area is 120 Å². The number of sulfonamides is 1. The molecular formula is C14H23FN2O2S. The highest BCUT2D eigenvalue weighted by atomic mass is 32.2. The Hall–Kier alpha value is -0.980. The second kappa shape index (κ2) is 8.34. The van der Waals surface area contributed by atoms with E-state index < -0.39 is 21.9 Å². The van der Waals surface area contributed by atoms with E-state index in [0.717, 1.165) is 13.0 Å². The number of hydrogen-bond acceptors (Lipinski definition) is 3. The van der Waals surface area contributed by atoms with Crippen LogP contribution in [0.4, 0.5) is 4.39 Å². The molecule has 1 rings (SSSR count). The Morgan fingerprint density at radius 1 is 1.25 bits per heavy atom. The van der Waals surface area contributed by atoms with Gasteiger partial charge in [0, 0.05) is 11.6 Å². The smallest absolute Gasteiger partial charge is 0.212 e. The number of benzene rings is 1. The molecule has 0 aromatic heterocycles. The molecule has 4 nitrogen and oxygen atoms in total. The van der Waals surface area contributed by atoms with Crippen molar-refractivity contribution in [2.24, 2.45) is 0 Å². The van der Waals surface area contributed by atoms with E-state index in [4.69, 9.17) is 0 Å². The largest absolute Gasteiger partial charge is 0.317 e. The lowest BCUT2D eigenvalue weighted by atomic mass is 10.1. The fourth-order valence-corrected chi connectivity index (χ4v) is 3.21. The minimum atomic E-state index is -3.39. The van der Waals surface area contributed by atoms with Gasteiger partial charge in [-0.3, -0.25) is 0 Å². The summed E-state index contributed by atoms with van der Waals surface area (Å²) in [4.78, 5) is 0. The van der Waals surface area contributed by atoms with E-state index >= 15 is 0 Å². The highest BCUT2D eigenvalue weighted by molar-refractivity contribution is 7.89. The molecule has 0 fully saturated rings. The summed E-state index contributed by atoms with van der Waals surface area (Å²) in [6, 6.07) is 5.63. The summed E-state index contributed by atoms with van der Waals surface area (Å²) in [6.45, 7) is 5.26. The number of hydrogen-bond donors (Lipinski definition) is 2. The maximum absolute atomic E-state index is 13.6. The van der Waals surface area contributed by atoms with E-state index in [1.165, 1.54) is 6.07 Å². The lowest BCUT2D eigenvalue weighted by Gasteiger charge is -2.15. The van der Waals surface area contributed by atoms with Gasteiger partial charge in [-0.05, 0) is 38.9 Å². The van der Waals surface area contributed by atoms with Crippen LogP contribution >= 0.6 is 0 Å². The second-order valence-corrected chi connectivity index (χ2v) is 6.66. The predicted octanol–water partition coefficient (Wildman–Crippen LogP) is 2.20. The zero-order chi connectivity index (χ0) is 15.0. The summed E-state index contributed by atoms with van der Waals surface area (Å²) in [5.41, 5.74) is 0.361. The van der Waals surface area contributed by atoms with E-state index in [-0.39, 0.29) is 5.75 Å². The quantitative estimate of drug-likeness (QED) is 0.688. The molecule has 0 saturated carbocycles. The topological polar surface area (TPSA) is 58.2 Å². The molecule has 0 amide bonds. The van der Waals surface area contributed by atoms with Crippen molar-refractivity contribution >= 4 is 10.0 Å². The van der Waals surface area contributed by atoms with Crippen LogP contribution in [0.15, 0.2) is 24.3 Å². The lowest BCUT2D eigenvalue weighted by Crippen LogP contribution is -2.31. The normalized spacial score (nSPS) is 13.3. The molecule has 1 aromatic carbocycles. The van der Waals surface area contributed by atoms with Crippen LogP contribution in [-0.2, 0) is 10.0 Å². The Morgan fingerprint density at radius 2 is 1.95 bits per heavy atom. The first kappa shape index (κ1) is 17.1. The SMILES string of the molecule is CCCNCCCS(=O)(=O)NC(C)c1ccccc1F. The van der Waals surface area contributed by atoms with Crippen LogP contribution in [-0.4, -0.2) is 27.3 Å². The van der Waals surface area contributed by atoms with Gasteiger partial charge in [0.1, 0.15) is 5.82 Å². The first-order valence-electron chi connectivity index (χ1n) is 6.91. The molecule has 0 aliphatic heterocycles. The summed E-state index contributed by atoms with van der Waals surface area (Å²) < 4.78 is 39.9. The van der Waals surface area contributed by atoms with E-state index in [1.807, 2.05) is 0 Å². The van der Waals surface area contributed by atoms with Gasteiger partial charge in [-0.1, -0.05) is 25.1 Å². The third-order valence-electron chi connectivity index (χ3n) is 2.92. The number of nitrogens with one attached hydrogen (secondary N) is 2. The van der Waals surface area contributed by atoms with Crippen molar-refractivity contribution in [3.63, 3.8) is 0 Å². The summed E-state index contributed by atoms with van der Waals surface area (Å²) >= 11 is 0. The van der Waals surface area contributed by atoms with E-state index in [0.29, 0.717) is 18.5 Å². The van der Waals surface area contributed by atoms with Crippen molar-refractivity contribution in [3.05, 3.63) is 35.6 Å². The highest BCUT2D eigenvalue weighted by Crippen LogP contribution is 2.16. The zero-order valence-corrected chi connectivity index (χ0v) is 12.8. The lowest BCUT2D eigenvalue weighted by molar-refractivity contribution is 0.546. The predicted molar refractivity (Wildman–Crippen MR) is 79.5 cm³/mol. The Balaban J connectivity index is 2.47. The van der Waals surface area contributed by atoms with Crippen LogP contribution in [0.2, 0.25) is 0 Å². The van der Waals surface area contributed by atoms with Crippen molar-refractivity contribution in [2.75, 3.05) is 18.8 Å². The first-order valence-corrected chi connectivity index (χ1v) is 8.56. The fraction of sp³-hybridized carbons (Fsp3) is 0.571. The third-order valence-corrected chi connectivity index (χ3v) is 4.46. The highest BCUT2D eigenvalue weighted by Gasteiger charge is 2.17. The molecule has 1 unspecified atom stereocenters. The Bertz CT molecular complexity index is 506. The second-order valence-electron chi connectivity index (χ2n) is 4.78. The van der Waals surface area contributed by atoms with Gasteiger partial charge in [0.2, 0.25) is 10.0 Å². The van der Waals surface area contributed by atoms with Gasteiger partial charge >= 0.3 is 0 Å². The van der Waals surface area contributed by atoms with Crippen LogP contribution in [0.5, 0.6) is 0 Å². The fourth-order valence-electron chi connectivity index (χ4n) is 1.91. The maximum Gasteiger partial charge on any atom is 0.212 e. The van der Waals surface area contributed by atoms with Gasteiger partial charge in [0.15, 0.2) is 0 Å². The number of halogens is 1. The van der Waals surface area contributed by atoms with Crippen LogP contribution in [0.3, 0.4) is 0 Å². The monoisotopic (exact) mass is 302 g/mol. The molecule has 0 aliphatic carbocycles. The molecule has 114 valence electrons. The van der Waals surface area contributed by atoms with Gasteiger partial charge in [0.05, 0.1) is 5.75 Å². The summed E-state index contributed by atoms with van der Waals surface area (Å²) in [7, 11) is -3.39. The van der Waals surface area contributed by atoms with Gasteiger partial charge in [-0.25, -0.2) is 17.5 Å². The van der Waals surface area contributed by atoms with E-state index in [9.17, 15) is 12.8 Å². The molecule has 0 bridgehead atoms. The molecule has 6 heteroatoms. The van der Waals surface area contributed by atoms with Crippen molar-refractivity contribution < 1.29 is 12.8 Å². The van der Waals surface area contributed by atoms with Crippen LogP contribution in [0, 0.1) is 5.82 Å². The Kier molecular flexibility index (Phi) is 7.12. The minimum Gasteiger partial charge on any atom is -0.317 e. The van der Waals surface area contributed by atoms with Gasteiger partial charge in [-0.15, -0.1) is 0 Å². The maximum atomic E-state index is 13.6. The average molecular weight is 302 g/mol. The summed E-state index contributed by atoms with van der Waals surface area (Å²) in [6.07, 6.45) is 1.56. The van der Waals surface area contributed by atoms with Gasteiger partial charge in [0.25, 0.3) is 0 Å². The standard InChI is InChI=1S/C14H23FN2O2S/c1-3-9-16-10-6-11-20(18,19)17-12(2)13-7-4-5-8-14(13)15/h4-5,7-8,12,16-17H,3,6,9-11H2,1-2H3. The van der Waals surface area contributed by atoms with Crippen LogP contribution in [0.1, 0.15) is 38.3 Å². The molecule has 1 atom stereocenters. The van der Waals surface area contributed by atoms with E-state index in [1.54, 1.807) is 25.1 Å². The Morgan fingerprint density at radius 3 is 2.60 bits per heavy atom. The zero-order valence-electron chi connectivity index (χ0n) is 12.0. The molecule has 0 radical (unpaired) electrons. The van der Waals surface area contributed by atoms with Crippen molar-refractivity contribution in [3.8, 4) is 0 Å². The van der Waals surface area contributed by atoms with Crippen molar-refractivity contribution in [1.82, 2.24) is 10.0 Å². The third kappa shape index (κ3) is 5.98. The van der Waals surface area contributed by atoms with Crippen LogP contribution < -0.4 is 10.0 Å². The molecular weight excluding hydrogens is 279 g/mol. The average Bonchev–Trinajstić information content (AvgIpc) is 2.38. The molecule has 0 saturated heterocycles. The molecule has 1 aromatic rings. The van der Waals surface area contributed by atoms with Gasteiger partial charge in [-0.2, -0.15) is 0 Å². The summed E-state index contributed by atoms with van der Waals surface area (Å²) in [5, 5.41) is 3.15. The molecule has 0 aliphatic rings. The molecule has 0 heterocycles. The van der Waals surface area contributed by atoms with Crippen LogP contribution in [0.25, 0.3) is 0 Å². The molecule has 0 spiro atoms. The molecule has 20 heavy (non-hydrogen) atoms. The molecule has 2 N–H and O–H groups in total. The minimum absolute atomic E-state index is 0.0442. The van der Waals surface area contributed by atoms with E-state index in [2.05, 4.69) is 17.0 Å². The summed E-state index contributed by atoms with van der Waals surface area (Å²) in [5.74, 6) is -0.352. The first-order chi connectivity index (χ1) is 9.46. The van der Waals surface area contributed by atoms with Crippen molar-refractivity contribution in [1.29, 1.82) is 0 Å².